The highest BCUT2D eigenvalue weighted by molar-refractivity contribution is 9.10. The van der Waals surface area contributed by atoms with E-state index < -0.39 is 24.4 Å². The molecule has 1 unspecified atom stereocenters. The van der Waals surface area contributed by atoms with E-state index in [0.29, 0.717) is 4.47 Å². The third-order valence-corrected chi connectivity index (χ3v) is 2.54. The van der Waals surface area contributed by atoms with Gasteiger partial charge in [-0.3, -0.25) is 4.79 Å². The lowest BCUT2D eigenvalue weighted by Gasteiger charge is -2.09. The number of rotatable bonds is 4. The van der Waals surface area contributed by atoms with Gasteiger partial charge in [0.1, 0.15) is 5.82 Å². The van der Waals surface area contributed by atoms with Crippen LogP contribution in [0.1, 0.15) is 10.4 Å². The molecule has 1 amide bonds. The highest BCUT2D eigenvalue weighted by Gasteiger charge is 2.11. The molecule has 88 valence electrons. The third kappa shape index (κ3) is 3.55. The minimum atomic E-state index is -0.997. The molecule has 1 rings (SSSR count). The Balaban J connectivity index is 2.66. The monoisotopic (exact) mass is 291 g/mol. The van der Waals surface area contributed by atoms with Crippen LogP contribution in [0.25, 0.3) is 0 Å². The lowest BCUT2D eigenvalue weighted by molar-refractivity contribution is 0.0801. The number of amides is 1. The van der Waals surface area contributed by atoms with Crippen molar-refractivity contribution in [2.75, 3.05) is 13.2 Å². The Hall–Kier alpha value is -0.980. The SMILES string of the molecule is O=C(NCC(O)CO)c1ccc(F)cc1Br. The molecule has 1 aromatic carbocycles. The molecule has 16 heavy (non-hydrogen) atoms. The van der Waals surface area contributed by atoms with Crippen LogP contribution in [-0.4, -0.2) is 35.4 Å². The van der Waals surface area contributed by atoms with E-state index >= 15 is 0 Å². The number of aliphatic hydroxyl groups is 2. The Morgan fingerprint density at radius 2 is 2.25 bits per heavy atom. The van der Waals surface area contributed by atoms with Crippen LogP contribution in [0.2, 0.25) is 0 Å². The van der Waals surface area contributed by atoms with Crippen LogP contribution in [-0.2, 0) is 0 Å². The van der Waals surface area contributed by atoms with Gasteiger partial charge in [0, 0.05) is 11.0 Å². The molecule has 0 saturated carbocycles. The second kappa shape index (κ2) is 5.93. The van der Waals surface area contributed by atoms with Crippen LogP contribution < -0.4 is 5.32 Å². The average molecular weight is 292 g/mol. The van der Waals surface area contributed by atoms with E-state index in [1.807, 2.05) is 0 Å². The summed E-state index contributed by atoms with van der Waals surface area (Å²) in [5.41, 5.74) is 0.270. The van der Waals surface area contributed by atoms with Crippen LogP contribution >= 0.6 is 15.9 Å². The molecule has 1 atom stereocenters. The zero-order valence-corrected chi connectivity index (χ0v) is 9.87. The minimum absolute atomic E-state index is 0.0564. The van der Waals surface area contributed by atoms with Crippen LogP contribution in [0.5, 0.6) is 0 Å². The Bertz CT molecular complexity index is 386. The van der Waals surface area contributed by atoms with Crippen LogP contribution in [0, 0.1) is 5.82 Å². The molecular weight excluding hydrogens is 281 g/mol. The fourth-order valence-corrected chi connectivity index (χ4v) is 1.57. The van der Waals surface area contributed by atoms with E-state index in [4.69, 9.17) is 10.2 Å². The van der Waals surface area contributed by atoms with E-state index in [-0.39, 0.29) is 12.1 Å². The molecule has 0 aliphatic heterocycles. The summed E-state index contributed by atoms with van der Waals surface area (Å²) in [4.78, 5) is 11.5. The van der Waals surface area contributed by atoms with Gasteiger partial charge in [-0.15, -0.1) is 0 Å². The van der Waals surface area contributed by atoms with Crippen molar-refractivity contribution in [2.45, 2.75) is 6.10 Å². The van der Waals surface area contributed by atoms with Crippen molar-refractivity contribution in [3.8, 4) is 0 Å². The molecule has 0 saturated heterocycles. The first-order valence-corrected chi connectivity index (χ1v) is 5.36. The van der Waals surface area contributed by atoms with Crippen molar-refractivity contribution in [1.29, 1.82) is 0 Å². The molecule has 0 aliphatic rings. The Morgan fingerprint density at radius 3 is 2.81 bits per heavy atom. The molecule has 3 N–H and O–H groups in total. The standard InChI is InChI=1S/C10H11BrFNO3/c11-9-3-6(12)1-2-8(9)10(16)13-4-7(15)5-14/h1-3,7,14-15H,4-5H2,(H,13,16). The lowest BCUT2D eigenvalue weighted by Crippen LogP contribution is -2.34. The molecular formula is C10H11BrFNO3. The van der Waals surface area contributed by atoms with Gasteiger partial charge in [-0.05, 0) is 34.1 Å². The highest BCUT2D eigenvalue weighted by atomic mass is 79.9. The van der Waals surface area contributed by atoms with Crippen molar-refractivity contribution in [1.82, 2.24) is 5.32 Å². The van der Waals surface area contributed by atoms with Crippen LogP contribution in [0.15, 0.2) is 22.7 Å². The first-order valence-electron chi connectivity index (χ1n) is 4.56. The fourth-order valence-electron chi connectivity index (χ4n) is 1.04. The number of benzene rings is 1. The third-order valence-electron chi connectivity index (χ3n) is 1.88. The maximum atomic E-state index is 12.7. The number of nitrogens with one attached hydrogen (secondary N) is 1. The molecule has 0 aliphatic carbocycles. The number of hydrogen-bond acceptors (Lipinski definition) is 3. The van der Waals surface area contributed by atoms with E-state index in [1.54, 1.807) is 0 Å². The van der Waals surface area contributed by atoms with Gasteiger partial charge in [-0.2, -0.15) is 0 Å². The van der Waals surface area contributed by atoms with E-state index in [0.717, 1.165) is 0 Å². The Kier molecular flexibility index (Phi) is 4.85. The normalized spacial score (nSPS) is 12.2. The second-order valence-electron chi connectivity index (χ2n) is 3.17. The molecule has 4 nitrogen and oxygen atoms in total. The first-order chi connectivity index (χ1) is 7.54. The van der Waals surface area contributed by atoms with Gasteiger partial charge in [-0.1, -0.05) is 0 Å². The molecule has 6 heteroatoms. The molecule has 0 bridgehead atoms. The summed E-state index contributed by atoms with van der Waals surface area (Å²) < 4.78 is 13.1. The van der Waals surface area contributed by atoms with Crippen molar-refractivity contribution in [2.24, 2.45) is 0 Å². The van der Waals surface area contributed by atoms with Gasteiger partial charge in [0.05, 0.1) is 18.3 Å². The Morgan fingerprint density at radius 1 is 1.56 bits per heavy atom. The van der Waals surface area contributed by atoms with Gasteiger partial charge in [0.2, 0.25) is 0 Å². The zero-order valence-electron chi connectivity index (χ0n) is 8.28. The summed E-state index contributed by atoms with van der Waals surface area (Å²) in [5, 5.41) is 20.0. The van der Waals surface area contributed by atoms with E-state index in [2.05, 4.69) is 21.2 Å². The van der Waals surface area contributed by atoms with Crippen molar-refractivity contribution in [3.05, 3.63) is 34.1 Å². The van der Waals surface area contributed by atoms with Crippen molar-refractivity contribution in [3.63, 3.8) is 0 Å². The molecule has 0 spiro atoms. The molecule has 0 aromatic heterocycles. The molecule has 0 heterocycles. The lowest BCUT2D eigenvalue weighted by atomic mass is 10.2. The highest BCUT2D eigenvalue weighted by Crippen LogP contribution is 2.17. The van der Waals surface area contributed by atoms with Crippen LogP contribution in [0.3, 0.4) is 0 Å². The van der Waals surface area contributed by atoms with Crippen molar-refractivity contribution >= 4 is 21.8 Å². The predicted octanol–water partition coefficient (Wildman–Crippen LogP) is 0.671. The maximum absolute atomic E-state index is 12.7. The zero-order chi connectivity index (χ0) is 12.1. The first kappa shape index (κ1) is 13.1. The van der Waals surface area contributed by atoms with E-state index in [9.17, 15) is 9.18 Å². The summed E-state index contributed by atoms with van der Waals surface area (Å²) in [6, 6.07) is 3.68. The summed E-state index contributed by atoms with van der Waals surface area (Å²) in [5.74, 6) is -0.891. The van der Waals surface area contributed by atoms with Gasteiger partial charge < -0.3 is 15.5 Å². The van der Waals surface area contributed by atoms with Gasteiger partial charge in [-0.25, -0.2) is 4.39 Å². The minimum Gasteiger partial charge on any atom is -0.394 e. The fraction of sp³-hybridized carbons (Fsp3) is 0.300. The number of halogens is 2. The van der Waals surface area contributed by atoms with Crippen LogP contribution in [0.4, 0.5) is 4.39 Å². The quantitative estimate of drug-likeness (QED) is 0.764. The number of carbonyl (C=O) groups excluding carboxylic acids is 1. The second-order valence-corrected chi connectivity index (χ2v) is 4.02. The van der Waals surface area contributed by atoms with E-state index in [1.165, 1.54) is 18.2 Å². The molecule has 0 radical (unpaired) electrons. The summed E-state index contributed by atoms with van der Waals surface area (Å²) in [7, 11) is 0. The number of hydrogen-bond donors (Lipinski definition) is 3. The maximum Gasteiger partial charge on any atom is 0.252 e. The van der Waals surface area contributed by atoms with Crippen molar-refractivity contribution < 1.29 is 19.4 Å². The molecule has 0 fully saturated rings. The average Bonchev–Trinajstić information content (AvgIpc) is 2.25. The number of carbonyl (C=O) groups is 1. The smallest absolute Gasteiger partial charge is 0.252 e. The Labute approximate surface area is 100 Å². The van der Waals surface area contributed by atoms with Gasteiger partial charge in [0.15, 0.2) is 0 Å². The summed E-state index contributed by atoms with van der Waals surface area (Å²) in [6.07, 6.45) is -0.997. The van der Waals surface area contributed by atoms with Gasteiger partial charge in [0.25, 0.3) is 5.91 Å². The molecule has 1 aromatic rings. The summed E-state index contributed by atoms with van der Waals surface area (Å²) in [6.45, 7) is -0.482. The predicted molar refractivity (Wildman–Crippen MR) is 59.5 cm³/mol. The van der Waals surface area contributed by atoms with Gasteiger partial charge >= 0.3 is 0 Å². The topological polar surface area (TPSA) is 69.6 Å². The number of aliphatic hydroxyl groups excluding tert-OH is 2. The largest absolute Gasteiger partial charge is 0.394 e. The summed E-state index contributed by atoms with van der Waals surface area (Å²) >= 11 is 3.06.